The summed E-state index contributed by atoms with van der Waals surface area (Å²) in [5.41, 5.74) is 5.86. The van der Waals surface area contributed by atoms with Gasteiger partial charge in [-0.15, -0.1) is 0 Å². The molecule has 6 heteroatoms. The predicted octanol–water partition coefficient (Wildman–Crippen LogP) is 14.3. The van der Waals surface area contributed by atoms with E-state index in [4.69, 9.17) is 29.1 Å². The van der Waals surface area contributed by atoms with Crippen LogP contribution in [0.4, 0.5) is 0 Å². The van der Waals surface area contributed by atoms with Crippen LogP contribution in [0.1, 0.15) is 180 Å². The molecule has 0 aromatic carbocycles. The molecule has 1 heterocycles. The molecular weight excluding hydrogens is 702 g/mol. The summed E-state index contributed by atoms with van der Waals surface area (Å²) in [6.07, 6.45) is 47.0. The third kappa shape index (κ3) is 13.1. The molecule has 0 aromatic rings. The van der Waals surface area contributed by atoms with Gasteiger partial charge in [-0.25, -0.2) is 0 Å². The minimum atomic E-state index is -1.85. The molecule has 0 amide bonds. The second kappa shape index (κ2) is 22.1. The zero-order chi connectivity index (χ0) is 29.4. The van der Waals surface area contributed by atoms with Crippen LogP contribution >= 0.6 is 44.9 Å². The van der Waals surface area contributed by atoms with Crippen molar-refractivity contribution in [2.75, 3.05) is 12.3 Å². The number of hydrogen-bond acceptors (Lipinski definition) is 0. The molecule has 6 fully saturated rings. The molecule has 1 aliphatic heterocycles. The zero-order valence-electron chi connectivity index (χ0n) is 27.1. The Morgan fingerprint density at radius 1 is 0.405 bits per heavy atom. The predicted molar refractivity (Wildman–Crippen MR) is 195 cm³/mol. The quantitative estimate of drug-likeness (QED) is 0.143. The molecule has 6 aliphatic rings. The Balaban J connectivity index is 0.000000171. The molecule has 0 aromatic heterocycles. The van der Waals surface area contributed by atoms with Gasteiger partial charge in [-0.2, -0.15) is 11.8 Å². The summed E-state index contributed by atoms with van der Waals surface area (Å²) < 4.78 is 0. The summed E-state index contributed by atoms with van der Waals surface area (Å²) in [5.74, 6) is 2.14. The molecule has 5 aliphatic carbocycles. The van der Waals surface area contributed by atoms with Gasteiger partial charge in [0.15, 0.2) is 0 Å². The first kappa shape index (κ1) is 37.2. The Morgan fingerprint density at radius 2 is 0.667 bits per heavy atom. The van der Waals surface area contributed by atoms with Crippen LogP contribution in [0.5, 0.6) is 0 Å². The van der Waals surface area contributed by atoms with Crippen LogP contribution in [0.25, 0.3) is 0 Å². The third-order valence-corrected chi connectivity index (χ3v) is 19.7. The summed E-state index contributed by atoms with van der Waals surface area (Å²) in [6, 6.07) is 0. The SMILES string of the molecule is C1CCC([C-](C2CCCCC2)P2CCCCC2)CC1.C1CCC([PH+](C2CCCCC2)C2CCCCC2)CC1.[Cl][RuH]([Cl])[Cl]. The molecule has 6 rings (SSSR count). The molecule has 0 spiro atoms. The van der Waals surface area contributed by atoms with Gasteiger partial charge in [0.1, 0.15) is 0 Å². The number of halogens is 3. The van der Waals surface area contributed by atoms with E-state index in [9.17, 15) is 0 Å². The fourth-order valence-electron chi connectivity index (χ4n) is 10.1. The van der Waals surface area contributed by atoms with Crippen molar-refractivity contribution < 1.29 is 13.0 Å². The van der Waals surface area contributed by atoms with Crippen molar-refractivity contribution in [3.8, 4) is 0 Å². The summed E-state index contributed by atoms with van der Waals surface area (Å²) in [6.45, 7) is 0. The molecule has 0 unspecified atom stereocenters. The van der Waals surface area contributed by atoms with E-state index >= 15 is 0 Å². The monoisotopic (exact) mass is 768 g/mol. The normalized spacial score (nSPS) is 27.2. The Bertz CT molecular complexity index is 518. The van der Waals surface area contributed by atoms with E-state index in [1.165, 1.54) is 61.9 Å². The van der Waals surface area contributed by atoms with Crippen LogP contribution in [-0.2, 0) is 13.0 Å². The van der Waals surface area contributed by atoms with Gasteiger partial charge >= 0.3 is 42.1 Å². The molecular formula is C36H67Cl3P2Ru. The van der Waals surface area contributed by atoms with Crippen LogP contribution in [0.3, 0.4) is 0 Å². The fraction of sp³-hybridized carbons (Fsp3) is 0.972. The molecule has 42 heavy (non-hydrogen) atoms. The standard InChI is InChI=1S/C18H32P.C18H33P.3ClH.Ru.H/c1-4-10-16(11-5-1)18(17-12-6-2-7-13-17)19-14-8-3-9-15-19;1-4-10-16(11-5-1)19(17-12-6-2-7-13-17)18-14-8-3-9-15-18;;;;;/h16-17H,1-15H2;16-18H,1-15H2;3*1H;;/q-1;;;;;+3;/p-2. The Kier molecular flexibility index (Phi) is 19.5. The van der Waals surface area contributed by atoms with Crippen molar-refractivity contribution >= 4 is 44.9 Å². The van der Waals surface area contributed by atoms with Crippen molar-refractivity contribution in [2.24, 2.45) is 11.8 Å². The number of rotatable bonds is 6. The van der Waals surface area contributed by atoms with E-state index in [0.29, 0.717) is 7.92 Å². The van der Waals surface area contributed by atoms with E-state index in [1.807, 2.05) is 0 Å². The topological polar surface area (TPSA) is 0 Å². The molecule has 1 saturated heterocycles. The van der Waals surface area contributed by atoms with E-state index in [2.05, 4.69) is 5.66 Å². The average Bonchev–Trinajstić information content (AvgIpc) is 3.05. The first-order chi connectivity index (χ1) is 20.6. The number of hydrogen-bond donors (Lipinski definition) is 0. The summed E-state index contributed by atoms with van der Waals surface area (Å²) >= 11 is -1.85. The second-order valence-electron chi connectivity index (χ2n) is 14.8. The van der Waals surface area contributed by atoms with Crippen LogP contribution in [0.15, 0.2) is 0 Å². The van der Waals surface area contributed by atoms with Gasteiger partial charge < -0.3 is 0 Å². The Labute approximate surface area is 282 Å². The van der Waals surface area contributed by atoms with E-state index in [1.54, 1.807) is 147 Å². The maximum absolute atomic E-state index is 4.96. The Morgan fingerprint density at radius 3 is 0.976 bits per heavy atom. The molecule has 250 valence electrons. The zero-order valence-corrected chi connectivity index (χ0v) is 33.1. The van der Waals surface area contributed by atoms with Gasteiger partial charge in [0.05, 0.1) is 17.0 Å². The van der Waals surface area contributed by atoms with Gasteiger partial charge in [0.25, 0.3) is 0 Å². The van der Waals surface area contributed by atoms with Crippen molar-refractivity contribution in [2.45, 2.75) is 197 Å². The van der Waals surface area contributed by atoms with Gasteiger partial charge in [0.2, 0.25) is 0 Å². The van der Waals surface area contributed by atoms with Crippen LogP contribution in [0.2, 0.25) is 0 Å². The van der Waals surface area contributed by atoms with Crippen molar-refractivity contribution in [3.05, 3.63) is 5.66 Å². The summed E-state index contributed by atoms with van der Waals surface area (Å²) in [7, 11) is 15.2. The Hall–Kier alpha value is 2.35. The van der Waals surface area contributed by atoms with Crippen LogP contribution in [-0.4, -0.2) is 29.3 Å². The first-order valence-corrected chi connectivity index (χ1v) is 29.4. The summed E-state index contributed by atoms with van der Waals surface area (Å²) in [4.78, 5) is 0. The van der Waals surface area contributed by atoms with Gasteiger partial charge in [-0.1, -0.05) is 115 Å². The van der Waals surface area contributed by atoms with Crippen molar-refractivity contribution in [3.63, 3.8) is 0 Å². The molecule has 0 atom stereocenters. The van der Waals surface area contributed by atoms with E-state index in [0.717, 1.165) is 11.8 Å². The average molecular weight is 769 g/mol. The fourth-order valence-corrected chi connectivity index (χ4v) is 18.8. The molecule has 0 bridgehead atoms. The molecule has 0 radical (unpaired) electrons. The summed E-state index contributed by atoms with van der Waals surface area (Å²) in [5, 5.41) is 0. The van der Waals surface area contributed by atoms with Gasteiger partial charge in [0, 0.05) is 7.92 Å². The van der Waals surface area contributed by atoms with Gasteiger partial charge in [-0.05, 0) is 77.0 Å². The molecule has 0 nitrogen and oxygen atoms in total. The minimum absolute atomic E-state index is 0.0465. The molecule has 0 N–H and O–H groups in total. The van der Waals surface area contributed by atoms with E-state index < -0.39 is 13.0 Å². The molecule has 5 saturated carbocycles. The third-order valence-electron chi connectivity index (χ3n) is 12.0. The van der Waals surface area contributed by atoms with Crippen molar-refractivity contribution in [1.29, 1.82) is 0 Å². The second-order valence-corrected chi connectivity index (χ2v) is 29.2. The van der Waals surface area contributed by atoms with Crippen LogP contribution < -0.4 is 0 Å². The van der Waals surface area contributed by atoms with Gasteiger partial charge in [-0.3, -0.25) is 13.6 Å². The maximum atomic E-state index is 4.96. The van der Waals surface area contributed by atoms with E-state index in [-0.39, 0.29) is 7.92 Å². The van der Waals surface area contributed by atoms with Crippen LogP contribution in [0, 0.1) is 17.5 Å². The van der Waals surface area contributed by atoms with Crippen molar-refractivity contribution in [1.82, 2.24) is 0 Å². The first-order valence-electron chi connectivity index (χ1n) is 18.8.